The maximum Gasteiger partial charge on any atom is 0.408 e. The molecule has 1 fully saturated rings. The van der Waals surface area contributed by atoms with Gasteiger partial charge in [0.25, 0.3) is 0 Å². The van der Waals surface area contributed by atoms with Crippen LogP contribution in [0.15, 0.2) is 60.7 Å². The van der Waals surface area contributed by atoms with Gasteiger partial charge in [-0.05, 0) is 58.1 Å². The molecular weight excluding hydrogens is 642 g/mol. The van der Waals surface area contributed by atoms with Crippen molar-refractivity contribution in [1.29, 1.82) is 0 Å². The SMILES string of the molecule is COC(=O)CN1C(=O)[C@H]([C@H](CC(C)C)NC(=O)[C@H](Cc2ccccc2)NC(=O)[C@H](C)NC(=O)[C@H](C)NC(=O)OC(C)(C)C)[C@H]1c1ccccc1. The number of methoxy groups -OCH3 is 1. The number of hydrogen-bond donors (Lipinski definition) is 4. The number of β-lactam (4-membered cyclic amide) rings is 1. The van der Waals surface area contributed by atoms with Crippen molar-refractivity contribution in [2.75, 3.05) is 13.7 Å². The number of hydrogen-bond acceptors (Lipinski definition) is 8. The lowest BCUT2D eigenvalue weighted by Crippen LogP contribution is -2.65. The smallest absolute Gasteiger partial charge is 0.408 e. The lowest BCUT2D eigenvalue weighted by Gasteiger charge is -2.50. The summed E-state index contributed by atoms with van der Waals surface area (Å²) < 4.78 is 10.0. The number of benzene rings is 2. The summed E-state index contributed by atoms with van der Waals surface area (Å²) >= 11 is 0. The van der Waals surface area contributed by atoms with E-state index in [-0.39, 0.29) is 24.8 Å². The molecule has 0 spiro atoms. The van der Waals surface area contributed by atoms with Gasteiger partial charge < -0.3 is 35.6 Å². The van der Waals surface area contributed by atoms with Crippen molar-refractivity contribution in [3.05, 3.63) is 71.8 Å². The molecule has 0 bridgehead atoms. The van der Waals surface area contributed by atoms with Crippen molar-refractivity contribution in [1.82, 2.24) is 26.2 Å². The Morgan fingerprint density at radius 2 is 1.34 bits per heavy atom. The molecule has 1 aliphatic heterocycles. The maximum absolute atomic E-state index is 14.1. The second-order valence-corrected chi connectivity index (χ2v) is 14.0. The Morgan fingerprint density at radius 1 is 0.780 bits per heavy atom. The first kappa shape index (κ1) is 39.5. The molecule has 0 aromatic heterocycles. The van der Waals surface area contributed by atoms with E-state index in [0.717, 1.165) is 11.1 Å². The number of esters is 1. The number of rotatable bonds is 15. The molecule has 2 aromatic rings. The van der Waals surface area contributed by atoms with Gasteiger partial charge in [0, 0.05) is 12.5 Å². The van der Waals surface area contributed by atoms with Gasteiger partial charge >= 0.3 is 12.1 Å². The number of nitrogens with one attached hydrogen (secondary N) is 4. The van der Waals surface area contributed by atoms with Crippen molar-refractivity contribution in [2.45, 2.75) is 97.1 Å². The quantitative estimate of drug-likeness (QED) is 0.163. The van der Waals surface area contributed by atoms with Gasteiger partial charge in [0.2, 0.25) is 23.6 Å². The molecule has 1 heterocycles. The van der Waals surface area contributed by atoms with Gasteiger partial charge in [-0.25, -0.2) is 4.79 Å². The van der Waals surface area contributed by atoms with Crippen molar-refractivity contribution in [3.8, 4) is 0 Å². The molecule has 0 radical (unpaired) electrons. The normalized spacial score (nSPS) is 18.1. The molecule has 13 heteroatoms. The number of carbonyl (C=O) groups excluding carboxylic acids is 6. The standard InChI is InChI=1S/C37H51N5O8/c1-22(2)19-27(30-31(26-17-13-10-14-18-26)42(35(30)47)21-29(43)49-8)40-34(46)28(20-25-15-11-9-12-16-25)41-33(45)23(3)38-32(44)24(4)39-36(48)50-37(5,6)7/h9-18,22-24,27-28,30-31H,19-21H2,1-8H3,(H,38,44)(H,39,48)(H,40,46)(H,41,45)/t23-,24-,27-,28-,30+,31+/m0/s1. The van der Waals surface area contributed by atoms with Gasteiger partial charge in [-0.1, -0.05) is 74.5 Å². The van der Waals surface area contributed by atoms with Crippen LogP contribution in [0.3, 0.4) is 0 Å². The molecule has 6 atom stereocenters. The fourth-order valence-electron chi connectivity index (χ4n) is 5.78. The average molecular weight is 694 g/mol. The summed E-state index contributed by atoms with van der Waals surface area (Å²) in [5.74, 6) is -3.16. The van der Waals surface area contributed by atoms with E-state index in [4.69, 9.17) is 9.47 Å². The number of carbonyl (C=O) groups is 6. The first-order valence-electron chi connectivity index (χ1n) is 16.9. The molecule has 0 unspecified atom stereocenters. The molecular formula is C37H51N5O8. The monoisotopic (exact) mass is 693 g/mol. The highest BCUT2D eigenvalue weighted by Crippen LogP contribution is 2.43. The van der Waals surface area contributed by atoms with Crippen LogP contribution in [-0.2, 0) is 39.9 Å². The Kier molecular flexibility index (Phi) is 13.9. The highest BCUT2D eigenvalue weighted by molar-refractivity contribution is 5.95. The Labute approximate surface area is 294 Å². The van der Waals surface area contributed by atoms with Crippen LogP contribution in [0.4, 0.5) is 4.79 Å². The van der Waals surface area contributed by atoms with E-state index >= 15 is 0 Å². The van der Waals surface area contributed by atoms with Gasteiger partial charge in [-0.3, -0.25) is 24.0 Å². The number of nitrogens with zero attached hydrogens (tertiary/aromatic N) is 1. The minimum atomic E-state index is -1.06. The van der Waals surface area contributed by atoms with Crippen LogP contribution < -0.4 is 21.3 Å². The molecule has 13 nitrogen and oxygen atoms in total. The highest BCUT2D eigenvalue weighted by atomic mass is 16.6. The second-order valence-electron chi connectivity index (χ2n) is 14.0. The van der Waals surface area contributed by atoms with Crippen molar-refractivity contribution in [3.63, 3.8) is 0 Å². The Hall–Kier alpha value is -4.94. The Balaban J connectivity index is 1.81. The largest absolute Gasteiger partial charge is 0.468 e. The van der Waals surface area contributed by atoms with E-state index in [1.54, 1.807) is 20.8 Å². The van der Waals surface area contributed by atoms with Gasteiger partial charge in [0.15, 0.2) is 0 Å². The summed E-state index contributed by atoms with van der Waals surface area (Å²) in [5, 5.41) is 10.9. The summed E-state index contributed by atoms with van der Waals surface area (Å²) in [7, 11) is 1.26. The third kappa shape index (κ3) is 11.3. The van der Waals surface area contributed by atoms with Gasteiger partial charge in [-0.2, -0.15) is 0 Å². The Bertz CT molecular complexity index is 1490. The molecule has 4 N–H and O–H groups in total. The molecule has 2 aromatic carbocycles. The third-order valence-electron chi connectivity index (χ3n) is 8.19. The molecule has 272 valence electrons. The van der Waals surface area contributed by atoms with Crippen LogP contribution in [0.2, 0.25) is 0 Å². The third-order valence-corrected chi connectivity index (χ3v) is 8.19. The van der Waals surface area contributed by atoms with Gasteiger partial charge in [-0.15, -0.1) is 0 Å². The lowest BCUT2D eigenvalue weighted by molar-refractivity contribution is -0.167. The van der Waals surface area contributed by atoms with Crippen molar-refractivity contribution >= 4 is 35.7 Å². The molecule has 3 rings (SSSR count). The fourth-order valence-corrected chi connectivity index (χ4v) is 5.78. The van der Waals surface area contributed by atoms with E-state index in [2.05, 4.69) is 21.3 Å². The molecule has 1 saturated heterocycles. The number of likely N-dealkylation sites (tertiary alicyclic amines) is 1. The van der Waals surface area contributed by atoms with Crippen LogP contribution in [0.25, 0.3) is 0 Å². The van der Waals surface area contributed by atoms with Crippen LogP contribution in [0.5, 0.6) is 0 Å². The first-order valence-corrected chi connectivity index (χ1v) is 16.9. The van der Waals surface area contributed by atoms with Crippen molar-refractivity contribution < 1.29 is 38.2 Å². The zero-order valence-corrected chi connectivity index (χ0v) is 30.1. The average Bonchev–Trinajstić information content (AvgIpc) is 3.04. The molecule has 0 aliphatic carbocycles. The van der Waals surface area contributed by atoms with Crippen LogP contribution in [-0.4, -0.2) is 84.0 Å². The minimum Gasteiger partial charge on any atom is -0.468 e. The Morgan fingerprint density at radius 3 is 1.90 bits per heavy atom. The molecule has 0 saturated carbocycles. The lowest BCUT2D eigenvalue weighted by atomic mass is 9.75. The van der Waals surface area contributed by atoms with Gasteiger partial charge in [0.1, 0.15) is 30.3 Å². The predicted molar refractivity (Wildman–Crippen MR) is 186 cm³/mol. The zero-order valence-electron chi connectivity index (χ0n) is 30.1. The number of ether oxygens (including phenoxy) is 2. The minimum absolute atomic E-state index is 0.0906. The summed E-state index contributed by atoms with van der Waals surface area (Å²) in [4.78, 5) is 79.8. The summed E-state index contributed by atoms with van der Waals surface area (Å²) in [6.07, 6.45) is -0.182. The zero-order chi connectivity index (χ0) is 37.2. The number of amides is 5. The first-order chi connectivity index (χ1) is 23.5. The van der Waals surface area contributed by atoms with E-state index in [0.29, 0.717) is 6.42 Å². The summed E-state index contributed by atoms with van der Waals surface area (Å²) in [5.41, 5.74) is 0.844. The molecule has 50 heavy (non-hydrogen) atoms. The maximum atomic E-state index is 14.1. The predicted octanol–water partition coefficient (Wildman–Crippen LogP) is 3.04. The highest BCUT2D eigenvalue weighted by Gasteiger charge is 2.53. The van der Waals surface area contributed by atoms with E-state index in [1.807, 2.05) is 74.5 Å². The van der Waals surface area contributed by atoms with Crippen LogP contribution >= 0.6 is 0 Å². The summed E-state index contributed by atoms with van der Waals surface area (Å²) in [6, 6.07) is 14.2. The van der Waals surface area contributed by atoms with Crippen molar-refractivity contribution in [2.24, 2.45) is 11.8 Å². The molecule has 1 aliphatic rings. The van der Waals surface area contributed by atoms with E-state index in [1.165, 1.54) is 25.9 Å². The topological polar surface area (TPSA) is 172 Å². The second kappa shape index (κ2) is 17.6. The molecule has 5 amide bonds. The summed E-state index contributed by atoms with van der Waals surface area (Å²) in [6.45, 7) is 11.8. The van der Waals surface area contributed by atoms with Gasteiger partial charge in [0.05, 0.1) is 19.1 Å². The number of alkyl carbamates (subject to hydrolysis) is 1. The van der Waals surface area contributed by atoms with Crippen LogP contribution in [0, 0.1) is 11.8 Å². The fraction of sp³-hybridized carbons (Fsp3) is 0.514. The van der Waals surface area contributed by atoms with E-state index in [9.17, 15) is 28.8 Å². The van der Waals surface area contributed by atoms with E-state index < -0.39 is 71.5 Å². The van der Waals surface area contributed by atoms with Crippen LogP contribution in [0.1, 0.15) is 72.1 Å².